The van der Waals surface area contributed by atoms with Gasteiger partial charge in [0.25, 0.3) is 0 Å². The Balaban J connectivity index is 0.826. The van der Waals surface area contributed by atoms with Crippen molar-refractivity contribution >= 4 is 28.4 Å². The van der Waals surface area contributed by atoms with E-state index in [1.54, 1.807) is 0 Å². The maximum atomic E-state index is 2.56. The van der Waals surface area contributed by atoms with E-state index >= 15 is 0 Å². The Hall–Kier alpha value is -8.98. The Bertz CT molecular complexity index is 4430. The first kappa shape index (κ1) is 53.7. The van der Waals surface area contributed by atoms with Crippen molar-refractivity contribution in [2.75, 3.05) is 4.90 Å². The molecule has 0 spiro atoms. The summed E-state index contributed by atoms with van der Waals surface area (Å²) >= 11 is 0. The van der Waals surface area contributed by atoms with Gasteiger partial charge in [-0.3, -0.25) is 0 Å². The van der Waals surface area contributed by atoms with Crippen LogP contribution >= 0.6 is 0 Å². The smallest absolute Gasteiger partial charge is 0.0713 e. The predicted octanol–water partition coefficient (Wildman–Crippen LogP) is 21.8. The molecule has 3 unspecified atom stereocenters. The van der Waals surface area contributed by atoms with E-state index in [1.807, 2.05) is 0 Å². The molecular weight excluding hydrogens is 1040 g/mol. The molecule has 0 radical (unpaired) electrons. The topological polar surface area (TPSA) is 8.17 Å². The van der Waals surface area contributed by atoms with Crippen molar-refractivity contribution < 1.29 is 0 Å². The van der Waals surface area contributed by atoms with Crippen LogP contribution in [0.2, 0.25) is 0 Å². The largest absolute Gasteiger partial charge is 0.311 e. The predicted molar refractivity (Wildman–Crippen MR) is 363 cm³/mol. The van der Waals surface area contributed by atoms with Crippen LogP contribution in [0.25, 0.3) is 56.0 Å². The van der Waals surface area contributed by atoms with E-state index in [0.717, 1.165) is 24.9 Å². The number of aromatic nitrogens is 1. The normalized spacial score (nSPS) is 18.5. The highest BCUT2D eigenvalue weighted by molar-refractivity contribution is 5.95. The van der Waals surface area contributed by atoms with Gasteiger partial charge in [0.15, 0.2) is 0 Å². The van der Waals surface area contributed by atoms with Gasteiger partial charge in [0.05, 0.1) is 10.9 Å². The van der Waals surface area contributed by atoms with E-state index in [9.17, 15) is 0 Å². The van der Waals surface area contributed by atoms with Gasteiger partial charge in [0.2, 0.25) is 0 Å². The van der Waals surface area contributed by atoms with Crippen LogP contribution in [0.5, 0.6) is 0 Å². The van der Waals surface area contributed by atoms with E-state index in [-0.39, 0.29) is 16.2 Å². The summed E-state index contributed by atoms with van der Waals surface area (Å²) in [7, 11) is 0. The number of hydrogen-bond donors (Lipinski definition) is 0. The maximum absolute atomic E-state index is 2.56. The first-order valence-electron chi connectivity index (χ1n) is 31.4. The lowest BCUT2D eigenvalue weighted by atomic mass is 9.66. The van der Waals surface area contributed by atoms with E-state index in [2.05, 4.69) is 326 Å². The molecule has 0 amide bonds. The lowest BCUT2D eigenvalue weighted by molar-refractivity contribution is 0.394. The van der Waals surface area contributed by atoms with Crippen LogP contribution in [0, 0.1) is 5.92 Å². The number of anilines is 2. The third-order valence-corrected chi connectivity index (χ3v) is 20.1. The highest BCUT2D eigenvalue weighted by Gasteiger charge is 2.47. The van der Waals surface area contributed by atoms with Crippen LogP contribution in [0.1, 0.15) is 141 Å². The Morgan fingerprint density at radius 3 is 1.85 bits per heavy atom. The molecule has 1 heterocycles. The van der Waals surface area contributed by atoms with Gasteiger partial charge in [0.1, 0.15) is 0 Å². The molecule has 3 atom stereocenters. The zero-order chi connectivity index (χ0) is 58.7. The van der Waals surface area contributed by atoms with E-state index in [1.165, 1.54) is 123 Å². The van der Waals surface area contributed by atoms with E-state index < -0.39 is 5.41 Å². The fourth-order valence-electron chi connectivity index (χ4n) is 15.4. The zero-order valence-electron chi connectivity index (χ0n) is 51.1. The van der Waals surface area contributed by atoms with Crippen molar-refractivity contribution in [2.24, 2.45) is 5.92 Å². The molecule has 2 heteroatoms. The van der Waals surface area contributed by atoms with Gasteiger partial charge in [0, 0.05) is 45.7 Å². The van der Waals surface area contributed by atoms with Crippen molar-refractivity contribution in [1.29, 1.82) is 0 Å². The van der Waals surface area contributed by atoms with Crippen LogP contribution in [0.15, 0.2) is 261 Å². The lowest BCUT2D eigenvalue weighted by Gasteiger charge is -2.35. The molecule has 0 fully saturated rings. The third kappa shape index (κ3) is 8.73. The van der Waals surface area contributed by atoms with Crippen LogP contribution in [0.3, 0.4) is 0 Å². The molecule has 422 valence electrons. The van der Waals surface area contributed by atoms with Gasteiger partial charge < -0.3 is 9.47 Å². The van der Waals surface area contributed by atoms with Gasteiger partial charge in [-0.15, -0.1) is 0 Å². The highest BCUT2D eigenvalue weighted by atomic mass is 15.1. The maximum Gasteiger partial charge on any atom is 0.0713 e. The average Bonchev–Trinajstić information content (AvgIpc) is 1.63. The Labute approximate surface area is 509 Å². The van der Waals surface area contributed by atoms with Crippen molar-refractivity contribution in [3.8, 4) is 39.1 Å². The number of benzene rings is 9. The standard InChI is InChI=1S/C84H76N2/c1-81(2,3)63-38-45-72-71-44-36-59(51-77(71)84(78(72)53-63,61-24-14-10-15-25-61)62-26-16-11-17-27-62)60-48-64(82(4,5)6)52-68(49-60)86-79-31-21-19-29-73(79)74-50-58(37-47-80(74)86)57-34-41-66(42-35-57)85(65-39-32-56(33-40-65)55-22-12-9-13-23-55)67-43-46-70-69-28-18-20-30-75(69)83(7,8)76(70)54-67/h9-18,20-28,30-32,34-54,56,69,75H,19,29,33H2,1-8H3. The van der Waals surface area contributed by atoms with Crippen molar-refractivity contribution in [2.45, 2.75) is 108 Å². The molecule has 5 aliphatic carbocycles. The van der Waals surface area contributed by atoms with Gasteiger partial charge in [-0.25, -0.2) is 0 Å². The molecule has 0 aliphatic heterocycles. The van der Waals surface area contributed by atoms with Gasteiger partial charge in [-0.05, 0) is 197 Å². The molecule has 86 heavy (non-hydrogen) atoms. The van der Waals surface area contributed by atoms with Crippen LogP contribution in [0.4, 0.5) is 11.4 Å². The first-order valence-corrected chi connectivity index (χ1v) is 31.4. The van der Waals surface area contributed by atoms with Crippen molar-refractivity contribution in [1.82, 2.24) is 4.57 Å². The molecule has 9 aromatic carbocycles. The summed E-state index contributed by atoms with van der Waals surface area (Å²) in [6.07, 6.45) is 24.2. The van der Waals surface area contributed by atoms with Gasteiger partial charge in [-0.2, -0.15) is 0 Å². The second-order valence-electron chi connectivity index (χ2n) is 27.6. The molecule has 0 bridgehead atoms. The number of rotatable bonds is 9. The fraction of sp³-hybridized carbons (Fsp3) is 0.214. The Kier molecular flexibility index (Phi) is 12.7. The van der Waals surface area contributed by atoms with Gasteiger partial charge in [-0.1, -0.05) is 250 Å². The molecule has 2 nitrogen and oxygen atoms in total. The molecule has 1 aromatic heterocycles. The summed E-state index contributed by atoms with van der Waals surface area (Å²) < 4.78 is 2.56. The highest BCUT2D eigenvalue weighted by Crippen LogP contribution is 2.58. The third-order valence-electron chi connectivity index (χ3n) is 20.1. The summed E-state index contributed by atoms with van der Waals surface area (Å²) in [5.74, 6) is 1.22. The van der Waals surface area contributed by atoms with Crippen LogP contribution < -0.4 is 4.90 Å². The number of nitrogens with zero attached hydrogens (tertiary/aromatic N) is 2. The number of aryl methyl sites for hydroxylation is 1. The number of hydrogen-bond acceptors (Lipinski definition) is 1. The first-order chi connectivity index (χ1) is 41.6. The summed E-state index contributed by atoms with van der Waals surface area (Å²) in [5, 5.41) is 1.33. The monoisotopic (exact) mass is 1110 g/mol. The molecule has 0 N–H and O–H groups in total. The minimum absolute atomic E-state index is 0.0125. The quantitative estimate of drug-likeness (QED) is 0.140. The Morgan fingerprint density at radius 2 is 1.15 bits per heavy atom. The van der Waals surface area contributed by atoms with E-state index in [4.69, 9.17) is 0 Å². The molecular formula is C84H76N2. The SMILES string of the molecule is CC(C)(C)c1cc(-c2ccc3c(c2)C(c2ccccc2)(c2ccccc2)c2cc(C(C)(C)C)ccc2-3)cc(-n2c3c(c4cc(-c5ccc(N(C6=CCC(c7ccccc7)C=C6)c6ccc7c(c6)C(C)(C)C6C=CC=CC76)cc5)ccc42)CCC=C3)c1. The number of fused-ring (bicyclic) bond motifs is 9. The second kappa shape index (κ2) is 20.3. The Morgan fingerprint density at radius 1 is 0.512 bits per heavy atom. The van der Waals surface area contributed by atoms with Crippen molar-refractivity contribution in [3.05, 3.63) is 322 Å². The zero-order valence-corrected chi connectivity index (χ0v) is 51.1. The minimum Gasteiger partial charge on any atom is -0.311 e. The average molecular weight is 1110 g/mol. The van der Waals surface area contributed by atoms with E-state index in [0.29, 0.717) is 17.8 Å². The van der Waals surface area contributed by atoms with Gasteiger partial charge >= 0.3 is 0 Å². The fourth-order valence-corrected chi connectivity index (χ4v) is 15.4. The van der Waals surface area contributed by atoms with Crippen LogP contribution in [-0.4, -0.2) is 4.57 Å². The molecule has 10 aromatic rings. The lowest BCUT2D eigenvalue weighted by Crippen LogP contribution is -2.29. The molecule has 0 saturated heterocycles. The second-order valence-corrected chi connectivity index (χ2v) is 27.6. The molecule has 0 saturated carbocycles. The summed E-state index contributed by atoms with van der Waals surface area (Å²) in [5.41, 5.74) is 27.8. The van der Waals surface area contributed by atoms with Crippen molar-refractivity contribution in [3.63, 3.8) is 0 Å². The van der Waals surface area contributed by atoms with Crippen LogP contribution in [-0.2, 0) is 28.1 Å². The summed E-state index contributed by atoms with van der Waals surface area (Å²) in [6, 6.07) is 79.3. The minimum atomic E-state index is -0.515. The summed E-state index contributed by atoms with van der Waals surface area (Å²) in [6.45, 7) is 18.9. The summed E-state index contributed by atoms with van der Waals surface area (Å²) in [4.78, 5) is 2.49. The molecule has 15 rings (SSSR count). The molecule has 5 aliphatic rings. The number of allylic oxidation sites excluding steroid dienone is 8.